The van der Waals surface area contributed by atoms with E-state index >= 15 is 0 Å². The van der Waals surface area contributed by atoms with E-state index in [1.807, 2.05) is 51.8 Å². The van der Waals surface area contributed by atoms with Crippen LogP contribution in [0.4, 0.5) is 43.6 Å². The molecule has 2 aliphatic heterocycles. The molecule has 85 heavy (non-hydrogen) atoms. The molecule has 2 unspecified atom stereocenters. The number of aromatic nitrogens is 4. The highest BCUT2D eigenvalue weighted by Crippen LogP contribution is 2.43. The Kier molecular flexibility index (Phi) is 26.2. The smallest absolute Gasteiger partial charge is 0.436 e. The highest BCUT2D eigenvalue weighted by Gasteiger charge is 2.47. The predicted molar refractivity (Wildman–Crippen MR) is 316 cm³/mol. The number of anilines is 2. The molecular formula is C60H78ClF4N11O9. The third kappa shape index (κ3) is 18.6. The van der Waals surface area contributed by atoms with E-state index in [-0.39, 0.29) is 48.3 Å². The standard InChI is InChI=1S/C25H27F2N5O3.C18H18ClFN4O4.C10H14FNO.C6H15N.CH4O/c1-25(2)21-19(22(30-29-21)28-23(33)16-7-11-18(27)12-8-16)13-32(25)24(34)35-20(14-31(3)4)15-5-9-17(26)10-6-15;1-4-28-17(27)24-14(21-15(25)10-5-7-11(20)8-6-10)12-9-23(16(19)26)18(2,3)13(12)22-24;1-12(2)7-10(13)8-3-5-9(11)6-4-8;1-4-7(5-2)6-3;1-2/h5-12,20H,13-14H2,1-4H3,(H2,28,29,30,33);5-8H,4,9H2,1-3H3,(H,21,25);3-6,10,13H,7H2,1-2H3;4-6H2,1-3H3;2H,1H3. The molecule has 2 aliphatic rings. The van der Waals surface area contributed by atoms with Crippen molar-refractivity contribution >= 4 is 52.6 Å². The number of benzene rings is 4. The van der Waals surface area contributed by atoms with Crippen LogP contribution < -0.4 is 10.6 Å². The molecule has 0 saturated heterocycles. The van der Waals surface area contributed by atoms with E-state index < -0.39 is 64.3 Å². The molecule has 462 valence electrons. The minimum Gasteiger partial charge on any atom is -0.448 e. The van der Waals surface area contributed by atoms with Crippen LogP contribution in [0.2, 0.25) is 0 Å². The maximum atomic E-state index is 13.4. The lowest BCUT2D eigenvalue weighted by atomic mass is 10.0. The number of nitrogens with one attached hydrogen (secondary N) is 3. The van der Waals surface area contributed by atoms with Gasteiger partial charge in [-0.15, -0.1) is 4.68 Å². The number of likely N-dealkylation sites (N-methyl/N-ethyl adjacent to an activating group) is 2. The number of amides is 4. The van der Waals surface area contributed by atoms with Crippen LogP contribution in [0.3, 0.4) is 0 Å². The number of hydrogen-bond donors (Lipinski definition) is 5. The quantitative estimate of drug-likeness (QED) is 0.0366. The maximum Gasteiger partial charge on any atom is 0.436 e. The topological polar surface area (TPSA) is 231 Å². The van der Waals surface area contributed by atoms with Crippen molar-refractivity contribution in [2.75, 3.05) is 85.3 Å². The van der Waals surface area contributed by atoms with Crippen molar-refractivity contribution in [2.45, 2.75) is 91.8 Å². The first kappa shape index (κ1) is 69.8. The molecule has 4 amide bonds. The van der Waals surface area contributed by atoms with Gasteiger partial charge >= 0.3 is 17.6 Å². The molecule has 4 aromatic carbocycles. The Bertz CT molecular complexity index is 3130. The summed E-state index contributed by atoms with van der Waals surface area (Å²) in [6, 6.07) is 21.9. The Morgan fingerprint density at radius 2 is 1.09 bits per heavy atom. The monoisotopic (exact) mass is 1210 g/mol. The average molecular weight is 1210 g/mol. The largest absolute Gasteiger partial charge is 0.448 e. The number of aliphatic hydroxyl groups is 2. The fraction of sp³-hybridized carbons (Fsp3) is 0.417. The lowest BCUT2D eigenvalue weighted by Crippen LogP contribution is -2.42. The zero-order chi connectivity index (χ0) is 63.5. The second-order valence-corrected chi connectivity index (χ2v) is 21.1. The van der Waals surface area contributed by atoms with Crippen molar-refractivity contribution in [2.24, 2.45) is 0 Å². The van der Waals surface area contributed by atoms with Gasteiger partial charge in [0.15, 0.2) is 5.82 Å². The Balaban J connectivity index is 0.000000274. The second-order valence-electron chi connectivity index (χ2n) is 20.8. The predicted octanol–water partition coefficient (Wildman–Crippen LogP) is 10.5. The Morgan fingerprint density at radius 3 is 1.53 bits per heavy atom. The first-order chi connectivity index (χ1) is 40.2. The molecule has 2 atom stereocenters. The van der Waals surface area contributed by atoms with E-state index in [2.05, 4.69) is 51.6 Å². The first-order valence-corrected chi connectivity index (χ1v) is 27.7. The van der Waals surface area contributed by atoms with Crippen LogP contribution in [-0.2, 0) is 33.6 Å². The summed E-state index contributed by atoms with van der Waals surface area (Å²) >= 11 is 5.67. The fourth-order valence-electron chi connectivity index (χ4n) is 8.99. The lowest BCUT2D eigenvalue weighted by Gasteiger charge is -2.33. The van der Waals surface area contributed by atoms with E-state index in [9.17, 15) is 46.6 Å². The number of carbonyl (C=O) groups is 5. The molecule has 4 heterocycles. The second kappa shape index (κ2) is 32.0. The van der Waals surface area contributed by atoms with Crippen molar-refractivity contribution in [3.05, 3.63) is 165 Å². The highest BCUT2D eigenvalue weighted by atomic mass is 35.5. The molecule has 0 spiro atoms. The van der Waals surface area contributed by atoms with Gasteiger partial charge in [0.1, 0.15) is 35.2 Å². The Hall–Kier alpha value is -7.74. The molecular weight excluding hydrogens is 1130 g/mol. The SMILES string of the molecule is CCN(CC)CC.CCOC(=O)n1nc2c(c1NC(=O)c1ccc(F)cc1)CN(C(=O)Cl)C2(C)C.CN(C)CC(O)c1ccc(F)cc1.CN(C)CC(OC(=O)N1Cc2c(NC(=O)c3ccc(F)cc3)n[nH]c2C1(C)C)c1ccc(F)cc1.CO. The molecule has 6 aromatic rings. The number of carbonyl (C=O) groups excluding carboxylic acids is 5. The average Bonchev–Trinajstić information content (AvgIpc) is 1.81. The molecule has 0 fully saturated rings. The van der Waals surface area contributed by atoms with Gasteiger partial charge in [0.05, 0.1) is 48.3 Å². The van der Waals surface area contributed by atoms with Gasteiger partial charge in [-0.3, -0.25) is 24.4 Å². The normalized spacial score (nSPS) is 14.0. The van der Waals surface area contributed by atoms with E-state index in [1.165, 1.54) is 85.2 Å². The fourth-order valence-corrected chi connectivity index (χ4v) is 9.26. The summed E-state index contributed by atoms with van der Waals surface area (Å²) in [5.41, 5.74) is 2.45. The van der Waals surface area contributed by atoms with Crippen LogP contribution >= 0.6 is 11.6 Å². The van der Waals surface area contributed by atoms with Crippen molar-refractivity contribution in [1.82, 2.24) is 44.5 Å². The minimum absolute atomic E-state index is 0.0586. The summed E-state index contributed by atoms with van der Waals surface area (Å²) in [4.78, 5) is 71.7. The number of aliphatic hydroxyl groups excluding tert-OH is 2. The molecule has 20 nitrogen and oxygen atoms in total. The Labute approximate surface area is 498 Å². The third-order valence-corrected chi connectivity index (χ3v) is 13.9. The molecule has 8 rings (SSSR count). The molecule has 25 heteroatoms. The molecule has 0 radical (unpaired) electrons. The molecule has 0 bridgehead atoms. The molecule has 2 aromatic heterocycles. The zero-order valence-corrected chi connectivity index (χ0v) is 51.0. The van der Waals surface area contributed by atoms with E-state index in [0.717, 1.165) is 29.5 Å². The Morgan fingerprint density at radius 1 is 0.647 bits per heavy atom. The van der Waals surface area contributed by atoms with Crippen molar-refractivity contribution in [1.29, 1.82) is 0 Å². The van der Waals surface area contributed by atoms with Gasteiger partial charge in [0.2, 0.25) is 0 Å². The highest BCUT2D eigenvalue weighted by molar-refractivity contribution is 6.62. The molecule has 0 saturated carbocycles. The van der Waals surface area contributed by atoms with Gasteiger partial charge in [0, 0.05) is 42.5 Å². The number of halogens is 5. The number of ether oxygens (including phenoxy) is 2. The maximum absolute atomic E-state index is 13.4. The van der Waals surface area contributed by atoms with Gasteiger partial charge < -0.3 is 49.9 Å². The number of H-pyrrole nitrogens is 1. The number of fused-ring (bicyclic) bond motifs is 2. The van der Waals surface area contributed by atoms with Gasteiger partial charge in [-0.2, -0.15) is 10.2 Å². The summed E-state index contributed by atoms with van der Waals surface area (Å²) in [5, 5.41) is 32.7. The van der Waals surface area contributed by atoms with E-state index in [1.54, 1.807) is 49.9 Å². The van der Waals surface area contributed by atoms with Crippen molar-refractivity contribution in [3.63, 3.8) is 0 Å². The van der Waals surface area contributed by atoms with Gasteiger partial charge in [-0.05, 0) is 178 Å². The number of hydrogen-bond acceptors (Lipinski definition) is 14. The van der Waals surface area contributed by atoms with Crippen LogP contribution in [-0.4, -0.2) is 159 Å². The van der Waals surface area contributed by atoms with Crippen LogP contribution in [0, 0.1) is 23.3 Å². The van der Waals surface area contributed by atoms with Crippen LogP contribution in [0.25, 0.3) is 0 Å². The lowest BCUT2D eigenvalue weighted by molar-refractivity contribution is 0.0258. The van der Waals surface area contributed by atoms with Crippen LogP contribution in [0.5, 0.6) is 0 Å². The van der Waals surface area contributed by atoms with Crippen LogP contribution in [0.1, 0.15) is 122 Å². The van der Waals surface area contributed by atoms with Gasteiger partial charge in [0.25, 0.3) is 11.8 Å². The summed E-state index contributed by atoms with van der Waals surface area (Å²) < 4.78 is 64.1. The van der Waals surface area contributed by atoms with E-state index in [0.29, 0.717) is 47.0 Å². The van der Waals surface area contributed by atoms with Crippen LogP contribution in [0.15, 0.2) is 97.1 Å². The zero-order valence-electron chi connectivity index (χ0n) is 50.3. The third-order valence-electron chi connectivity index (χ3n) is 13.7. The van der Waals surface area contributed by atoms with Gasteiger partial charge in [-0.25, -0.2) is 27.2 Å². The van der Waals surface area contributed by atoms with E-state index in [4.69, 9.17) is 26.2 Å². The summed E-state index contributed by atoms with van der Waals surface area (Å²) in [7, 11) is 8.48. The summed E-state index contributed by atoms with van der Waals surface area (Å²) in [6.07, 6.45) is -2.48. The van der Waals surface area contributed by atoms with Crippen molar-refractivity contribution in [3.8, 4) is 0 Å². The van der Waals surface area contributed by atoms with Crippen molar-refractivity contribution < 1.29 is 61.2 Å². The molecule has 5 N–H and O–H groups in total. The summed E-state index contributed by atoms with van der Waals surface area (Å²) in [5.74, 6) is -2.20. The molecule has 0 aliphatic carbocycles. The number of rotatable bonds is 15. The summed E-state index contributed by atoms with van der Waals surface area (Å²) in [6.45, 7) is 20.2. The first-order valence-electron chi connectivity index (χ1n) is 27.3. The van der Waals surface area contributed by atoms with Gasteiger partial charge in [-0.1, -0.05) is 45.0 Å². The number of nitrogens with zero attached hydrogens (tertiary/aromatic N) is 8. The minimum atomic E-state index is -0.888. The number of aromatic amines is 1.